The highest BCUT2D eigenvalue weighted by Gasteiger charge is 2.15. The average Bonchev–Trinajstić information content (AvgIpc) is 2.69. The SMILES string of the molecule is CNOCc1ccc(NC(=O)C(C)NC(=O)CCOCCOCCC(C)=O)cc1. The van der Waals surface area contributed by atoms with Gasteiger partial charge in [-0.15, -0.1) is 0 Å². The van der Waals surface area contributed by atoms with Gasteiger partial charge < -0.3 is 20.1 Å². The molecule has 0 saturated heterocycles. The van der Waals surface area contributed by atoms with E-state index in [2.05, 4.69) is 16.1 Å². The third-order valence-corrected chi connectivity index (χ3v) is 3.82. The van der Waals surface area contributed by atoms with E-state index in [-0.39, 0.29) is 30.6 Å². The van der Waals surface area contributed by atoms with E-state index in [0.717, 1.165) is 5.56 Å². The fraction of sp³-hybridized carbons (Fsp3) is 0.550. The van der Waals surface area contributed by atoms with Crippen LogP contribution in [0.4, 0.5) is 5.69 Å². The van der Waals surface area contributed by atoms with Gasteiger partial charge in [0.25, 0.3) is 0 Å². The Labute approximate surface area is 171 Å². The van der Waals surface area contributed by atoms with Crippen molar-refractivity contribution in [1.29, 1.82) is 0 Å². The largest absolute Gasteiger partial charge is 0.379 e. The molecule has 1 unspecified atom stereocenters. The summed E-state index contributed by atoms with van der Waals surface area (Å²) in [5, 5.41) is 5.39. The lowest BCUT2D eigenvalue weighted by atomic mass is 10.2. The number of anilines is 1. The van der Waals surface area contributed by atoms with Gasteiger partial charge in [0.05, 0.1) is 33.0 Å². The molecule has 9 nitrogen and oxygen atoms in total. The Kier molecular flexibility index (Phi) is 12.5. The monoisotopic (exact) mass is 409 g/mol. The number of ketones is 1. The molecule has 0 radical (unpaired) electrons. The lowest BCUT2D eigenvalue weighted by Crippen LogP contribution is -2.41. The van der Waals surface area contributed by atoms with Crippen LogP contribution >= 0.6 is 0 Å². The molecule has 1 aromatic rings. The van der Waals surface area contributed by atoms with Crippen LogP contribution in [0.2, 0.25) is 0 Å². The van der Waals surface area contributed by atoms with E-state index in [1.165, 1.54) is 6.92 Å². The first kappa shape index (κ1) is 24.7. The first-order chi connectivity index (χ1) is 13.9. The number of ether oxygens (including phenoxy) is 2. The predicted molar refractivity (Wildman–Crippen MR) is 108 cm³/mol. The molecule has 0 aliphatic rings. The van der Waals surface area contributed by atoms with E-state index in [4.69, 9.17) is 14.3 Å². The van der Waals surface area contributed by atoms with Gasteiger partial charge in [-0.05, 0) is 31.5 Å². The van der Waals surface area contributed by atoms with Gasteiger partial charge in [-0.2, -0.15) is 0 Å². The van der Waals surface area contributed by atoms with Gasteiger partial charge >= 0.3 is 0 Å². The minimum atomic E-state index is -0.676. The second kappa shape index (κ2) is 14.6. The van der Waals surface area contributed by atoms with E-state index in [1.807, 2.05) is 12.1 Å². The van der Waals surface area contributed by atoms with Crippen molar-refractivity contribution in [3.8, 4) is 0 Å². The summed E-state index contributed by atoms with van der Waals surface area (Å²) >= 11 is 0. The van der Waals surface area contributed by atoms with Crippen molar-refractivity contribution >= 4 is 23.3 Å². The lowest BCUT2D eigenvalue weighted by molar-refractivity contribution is -0.127. The number of rotatable bonds is 15. The standard InChI is InChI=1S/C20H31N3O6/c1-15(24)8-10-27-12-13-28-11-9-19(25)22-16(2)20(26)23-18-6-4-17(5-7-18)14-29-21-3/h4-7,16,21H,8-14H2,1-3H3,(H,22,25)(H,23,26). The maximum absolute atomic E-state index is 12.2. The normalized spacial score (nSPS) is 11.7. The highest BCUT2D eigenvalue weighted by atomic mass is 16.6. The van der Waals surface area contributed by atoms with Crippen LogP contribution in [0.5, 0.6) is 0 Å². The fourth-order valence-corrected chi connectivity index (χ4v) is 2.17. The summed E-state index contributed by atoms with van der Waals surface area (Å²) in [6.45, 7) is 4.86. The number of carbonyl (C=O) groups excluding carboxylic acids is 3. The second-order valence-electron chi connectivity index (χ2n) is 6.39. The van der Waals surface area contributed by atoms with Crippen molar-refractivity contribution in [3.63, 3.8) is 0 Å². The number of benzene rings is 1. The van der Waals surface area contributed by atoms with Gasteiger partial charge in [0.1, 0.15) is 11.8 Å². The molecular formula is C20H31N3O6. The van der Waals surface area contributed by atoms with E-state index >= 15 is 0 Å². The Bertz CT molecular complexity index is 636. The number of hydrogen-bond donors (Lipinski definition) is 3. The van der Waals surface area contributed by atoms with Crippen molar-refractivity contribution in [2.24, 2.45) is 0 Å². The number of hydroxylamine groups is 1. The van der Waals surface area contributed by atoms with Crippen LogP contribution in [0, 0.1) is 0 Å². The molecule has 0 fully saturated rings. The Morgan fingerprint density at radius 3 is 2.17 bits per heavy atom. The van der Waals surface area contributed by atoms with Crippen molar-refractivity contribution in [1.82, 2.24) is 10.8 Å². The number of amides is 2. The van der Waals surface area contributed by atoms with Crippen molar-refractivity contribution in [2.75, 3.05) is 38.8 Å². The smallest absolute Gasteiger partial charge is 0.246 e. The number of carbonyl (C=O) groups is 3. The number of nitrogens with one attached hydrogen (secondary N) is 3. The fourth-order valence-electron chi connectivity index (χ4n) is 2.17. The van der Waals surface area contributed by atoms with E-state index in [0.29, 0.717) is 38.5 Å². The predicted octanol–water partition coefficient (Wildman–Crippen LogP) is 1.18. The maximum atomic E-state index is 12.2. The molecule has 0 spiro atoms. The van der Waals surface area contributed by atoms with Crippen molar-refractivity contribution in [3.05, 3.63) is 29.8 Å². The molecule has 0 saturated carbocycles. The van der Waals surface area contributed by atoms with Gasteiger partial charge in [0.15, 0.2) is 0 Å². The highest BCUT2D eigenvalue weighted by molar-refractivity contribution is 5.96. The van der Waals surface area contributed by atoms with E-state index in [1.54, 1.807) is 26.1 Å². The van der Waals surface area contributed by atoms with Gasteiger partial charge in [-0.3, -0.25) is 19.2 Å². The molecule has 29 heavy (non-hydrogen) atoms. The molecule has 9 heteroatoms. The molecule has 1 atom stereocenters. The van der Waals surface area contributed by atoms with E-state index < -0.39 is 6.04 Å². The van der Waals surface area contributed by atoms with Crippen LogP contribution in [0.25, 0.3) is 0 Å². The highest BCUT2D eigenvalue weighted by Crippen LogP contribution is 2.10. The van der Waals surface area contributed by atoms with Crippen LogP contribution in [0.1, 0.15) is 32.3 Å². The summed E-state index contributed by atoms with van der Waals surface area (Å²) in [7, 11) is 1.68. The van der Waals surface area contributed by atoms with Crippen LogP contribution in [0.3, 0.4) is 0 Å². The molecule has 0 aliphatic heterocycles. The van der Waals surface area contributed by atoms with Crippen LogP contribution in [0.15, 0.2) is 24.3 Å². The molecule has 1 rings (SSSR count). The summed E-state index contributed by atoms with van der Waals surface area (Å²) < 4.78 is 10.5. The zero-order chi connectivity index (χ0) is 21.5. The Morgan fingerprint density at radius 2 is 1.59 bits per heavy atom. The van der Waals surface area contributed by atoms with Gasteiger partial charge in [0, 0.05) is 25.6 Å². The average molecular weight is 409 g/mol. The zero-order valence-electron chi connectivity index (χ0n) is 17.3. The van der Waals surface area contributed by atoms with Crippen LogP contribution < -0.4 is 16.1 Å². The molecule has 0 heterocycles. The summed E-state index contributed by atoms with van der Waals surface area (Å²) in [6.07, 6.45) is 0.530. The molecule has 0 aliphatic carbocycles. The number of hydrogen-bond acceptors (Lipinski definition) is 7. The first-order valence-corrected chi connectivity index (χ1v) is 9.55. The molecule has 0 bridgehead atoms. The maximum Gasteiger partial charge on any atom is 0.246 e. The molecule has 3 N–H and O–H groups in total. The summed E-state index contributed by atoms with van der Waals surface area (Å²) in [4.78, 5) is 39.9. The van der Waals surface area contributed by atoms with Gasteiger partial charge in [-0.25, -0.2) is 5.48 Å². The topological polar surface area (TPSA) is 115 Å². The summed E-state index contributed by atoms with van der Waals surface area (Å²) in [6, 6.07) is 6.55. The second-order valence-corrected chi connectivity index (χ2v) is 6.39. The Balaban J connectivity index is 2.18. The number of Topliss-reactive ketones (excluding diaryl/α,β-unsaturated/α-hetero) is 1. The molecule has 2 amide bonds. The Morgan fingerprint density at radius 1 is 0.966 bits per heavy atom. The van der Waals surface area contributed by atoms with Crippen LogP contribution in [-0.2, 0) is 35.3 Å². The first-order valence-electron chi connectivity index (χ1n) is 9.55. The summed E-state index contributed by atoms with van der Waals surface area (Å²) in [5.41, 5.74) is 4.19. The minimum absolute atomic E-state index is 0.0804. The van der Waals surface area contributed by atoms with Crippen molar-refractivity contribution in [2.45, 2.75) is 39.3 Å². The Hall–Kier alpha value is -2.33. The molecule has 162 valence electrons. The molecule has 0 aromatic heterocycles. The minimum Gasteiger partial charge on any atom is -0.379 e. The molecule has 1 aromatic carbocycles. The third-order valence-electron chi connectivity index (χ3n) is 3.82. The van der Waals surface area contributed by atoms with Crippen molar-refractivity contribution < 1.29 is 28.7 Å². The lowest BCUT2D eigenvalue weighted by Gasteiger charge is -2.14. The third kappa shape index (κ3) is 12.0. The molecular weight excluding hydrogens is 378 g/mol. The zero-order valence-corrected chi connectivity index (χ0v) is 17.3. The quantitative estimate of drug-likeness (QED) is 0.294. The van der Waals surface area contributed by atoms with Gasteiger partial charge in [-0.1, -0.05) is 12.1 Å². The van der Waals surface area contributed by atoms with Gasteiger partial charge in [0.2, 0.25) is 11.8 Å². The van der Waals surface area contributed by atoms with E-state index in [9.17, 15) is 14.4 Å². The van der Waals surface area contributed by atoms with Crippen LogP contribution in [-0.4, -0.2) is 57.1 Å². The summed E-state index contributed by atoms with van der Waals surface area (Å²) in [5.74, 6) is -0.501.